The standard InChI is InChI=1S/C27H28N6O2/c1-19-6-3-8-21(14-19)11-12-32(18-25-29-30-31-33(25)17-24-10-5-13-35-24)16-23-15-22-9-4-7-20(2)26(22)28-27(23)34/h3-10,13-15H,11-12,16-18H2,1-2H3,(H,28,34). The smallest absolute Gasteiger partial charge is 0.252 e. The van der Waals surface area contributed by atoms with E-state index in [4.69, 9.17) is 4.42 Å². The zero-order valence-electron chi connectivity index (χ0n) is 19.9. The van der Waals surface area contributed by atoms with Crippen LogP contribution in [-0.4, -0.2) is 36.6 Å². The highest BCUT2D eigenvalue weighted by molar-refractivity contribution is 5.81. The Morgan fingerprint density at radius 3 is 2.74 bits per heavy atom. The van der Waals surface area contributed by atoms with Crippen LogP contribution >= 0.6 is 0 Å². The number of aromatic nitrogens is 5. The van der Waals surface area contributed by atoms with Crippen LogP contribution in [0.5, 0.6) is 0 Å². The minimum absolute atomic E-state index is 0.0671. The average molecular weight is 469 g/mol. The van der Waals surface area contributed by atoms with Gasteiger partial charge in [0.05, 0.1) is 18.3 Å². The van der Waals surface area contributed by atoms with E-state index in [0.717, 1.165) is 46.6 Å². The lowest BCUT2D eigenvalue weighted by molar-refractivity contribution is 0.247. The summed E-state index contributed by atoms with van der Waals surface area (Å²) in [6.45, 7) is 6.30. The van der Waals surface area contributed by atoms with Crippen molar-refractivity contribution in [3.63, 3.8) is 0 Å². The summed E-state index contributed by atoms with van der Waals surface area (Å²) in [7, 11) is 0. The van der Waals surface area contributed by atoms with Crippen molar-refractivity contribution >= 4 is 10.9 Å². The summed E-state index contributed by atoms with van der Waals surface area (Å²) in [5, 5.41) is 13.3. The highest BCUT2D eigenvalue weighted by atomic mass is 16.3. The SMILES string of the molecule is Cc1cccc(CCN(Cc2cc3cccc(C)c3[nH]c2=O)Cc2nnnn2Cc2ccco2)c1. The van der Waals surface area contributed by atoms with E-state index in [2.05, 4.69) is 56.6 Å². The van der Waals surface area contributed by atoms with E-state index < -0.39 is 0 Å². The van der Waals surface area contributed by atoms with Crippen LogP contribution in [-0.2, 0) is 26.1 Å². The van der Waals surface area contributed by atoms with E-state index in [0.29, 0.717) is 19.6 Å². The van der Waals surface area contributed by atoms with Gasteiger partial charge in [-0.05, 0) is 65.4 Å². The lowest BCUT2D eigenvalue weighted by atomic mass is 10.1. The van der Waals surface area contributed by atoms with Crippen molar-refractivity contribution in [2.45, 2.75) is 39.9 Å². The third-order valence-corrected chi connectivity index (χ3v) is 6.21. The van der Waals surface area contributed by atoms with E-state index in [1.165, 1.54) is 11.1 Å². The van der Waals surface area contributed by atoms with Crippen molar-refractivity contribution in [1.82, 2.24) is 30.1 Å². The molecule has 0 saturated carbocycles. The maximum absolute atomic E-state index is 13.0. The molecule has 8 nitrogen and oxygen atoms in total. The summed E-state index contributed by atoms with van der Waals surface area (Å²) in [5.41, 5.74) is 5.08. The Morgan fingerprint density at radius 1 is 1.03 bits per heavy atom. The first-order valence-electron chi connectivity index (χ1n) is 11.7. The number of rotatable bonds is 9. The number of nitrogens with zero attached hydrogens (tertiary/aromatic N) is 5. The van der Waals surface area contributed by atoms with E-state index in [9.17, 15) is 4.79 Å². The Bertz CT molecular complexity index is 1490. The van der Waals surface area contributed by atoms with E-state index in [1.807, 2.05) is 43.3 Å². The van der Waals surface area contributed by atoms with Gasteiger partial charge in [0.2, 0.25) is 0 Å². The molecule has 0 saturated heterocycles. The Balaban J connectivity index is 1.41. The molecule has 8 heteroatoms. The first-order valence-corrected chi connectivity index (χ1v) is 11.7. The fourth-order valence-corrected chi connectivity index (χ4v) is 4.37. The van der Waals surface area contributed by atoms with Crippen LogP contribution in [0.4, 0.5) is 0 Å². The number of benzene rings is 2. The number of nitrogens with one attached hydrogen (secondary N) is 1. The molecule has 0 amide bonds. The maximum Gasteiger partial charge on any atom is 0.252 e. The fourth-order valence-electron chi connectivity index (χ4n) is 4.37. The van der Waals surface area contributed by atoms with Crippen LogP contribution in [0.2, 0.25) is 0 Å². The number of hydrogen-bond donors (Lipinski definition) is 1. The van der Waals surface area contributed by atoms with Gasteiger partial charge in [-0.15, -0.1) is 5.10 Å². The topological polar surface area (TPSA) is 92.8 Å². The summed E-state index contributed by atoms with van der Waals surface area (Å²) < 4.78 is 7.21. The van der Waals surface area contributed by atoms with Crippen LogP contribution < -0.4 is 5.56 Å². The number of tetrazole rings is 1. The normalized spacial score (nSPS) is 11.5. The molecule has 1 N–H and O–H groups in total. The molecule has 178 valence electrons. The summed E-state index contributed by atoms with van der Waals surface area (Å²) in [4.78, 5) is 18.3. The molecule has 0 bridgehead atoms. The molecule has 0 radical (unpaired) electrons. The molecule has 0 aliphatic heterocycles. The van der Waals surface area contributed by atoms with Gasteiger partial charge < -0.3 is 9.40 Å². The van der Waals surface area contributed by atoms with Gasteiger partial charge in [-0.25, -0.2) is 4.68 Å². The summed E-state index contributed by atoms with van der Waals surface area (Å²) >= 11 is 0. The van der Waals surface area contributed by atoms with Crippen LogP contribution in [0.1, 0.15) is 33.8 Å². The van der Waals surface area contributed by atoms with Crippen LogP contribution in [0.15, 0.2) is 76.1 Å². The van der Waals surface area contributed by atoms with Crippen LogP contribution in [0, 0.1) is 13.8 Å². The highest BCUT2D eigenvalue weighted by Crippen LogP contribution is 2.17. The molecule has 0 spiro atoms. The molecule has 0 fully saturated rings. The quantitative estimate of drug-likeness (QED) is 0.351. The van der Waals surface area contributed by atoms with Crippen molar-refractivity contribution in [2.75, 3.05) is 6.54 Å². The molecule has 3 heterocycles. The molecule has 5 aromatic rings. The molecule has 35 heavy (non-hydrogen) atoms. The zero-order valence-corrected chi connectivity index (χ0v) is 19.9. The number of para-hydroxylation sites is 1. The lowest BCUT2D eigenvalue weighted by Gasteiger charge is -2.22. The summed E-state index contributed by atoms with van der Waals surface area (Å²) in [6.07, 6.45) is 2.49. The predicted octanol–water partition coefficient (Wildman–Crippen LogP) is 4.02. The number of hydrogen-bond acceptors (Lipinski definition) is 6. The molecular weight excluding hydrogens is 440 g/mol. The van der Waals surface area contributed by atoms with E-state index in [1.54, 1.807) is 10.9 Å². The first kappa shape index (κ1) is 22.7. The zero-order chi connectivity index (χ0) is 24.2. The van der Waals surface area contributed by atoms with Crippen molar-refractivity contribution < 1.29 is 4.42 Å². The summed E-state index contributed by atoms with van der Waals surface area (Å²) in [5.74, 6) is 1.50. The van der Waals surface area contributed by atoms with Crippen molar-refractivity contribution in [2.24, 2.45) is 0 Å². The number of fused-ring (bicyclic) bond motifs is 1. The molecule has 5 rings (SSSR count). The van der Waals surface area contributed by atoms with Gasteiger partial charge in [0.15, 0.2) is 5.82 Å². The van der Waals surface area contributed by atoms with Crippen LogP contribution in [0.25, 0.3) is 10.9 Å². The maximum atomic E-state index is 13.0. The molecule has 0 aliphatic rings. The molecule has 0 unspecified atom stereocenters. The average Bonchev–Trinajstić information content (AvgIpc) is 3.51. The van der Waals surface area contributed by atoms with Gasteiger partial charge in [0.25, 0.3) is 5.56 Å². The van der Waals surface area contributed by atoms with E-state index in [-0.39, 0.29) is 5.56 Å². The second-order valence-corrected chi connectivity index (χ2v) is 8.94. The highest BCUT2D eigenvalue weighted by Gasteiger charge is 2.16. The van der Waals surface area contributed by atoms with Gasteiger partial charge in [0, 0.05) is 18.7 Å². The van der Waals surface area contributed by atoms with Gasteiger partial charge in [-0.3, -0.25) is 9.69 Å². The minimum atomic E-state index is -0.0671. The fraction of sp³-hybridized carbons (Fsp3) is 0.259. The van der Waals surface area contributed by atoms with Crippen molar-refractivity contribution in [1.29, 1.82) is 0 Å². The summed E-state index contributed by atoms with van der Waals surface area (Å²) in [6, 6.07) is 20.3. The van der Waals surface area contributed by atoms with E-state index >= 15 is 0 Å². The molecular formula is C27H28N6O2. The van der Waals surface area contributed by atoms with Gasteiger partial charge in [-0.1, -0.05) is 48.0 Å². The molecule has 3 aromatic heterocycles. The number of pyridine rings is 1. The largest absolute Gasteiger partial charge is 0.467 e. The Morgan fingerprint density at radius 2 is 1.91 bits per heavy atom. The van der Waals surface area contributed by atoms with Gasteiger partial charge in [0.1, 0.15) is 12.3 Å². The first-order chi connectivity index (χ1) is 17.0. The van der Waals surface area contributed by atoms with Crippen molar-refractivity contribution in [3.8, 4) is 0 Å². The lowest BCUT2D eigenvalue weighted by Crippen LogP contribution is -2.30. The molecule has 0 aliphatic carbocycles. The minimum Gasteiger partial charge on any atom is -0.467 e. The predicted molar refractivity (Wildman–Crippen MR) is 134 cm³/mol. The Kier molecular flexibility index (Phi) is 6.54. The molecule has 0 atom stereocenters. The van der Waals surface area contributed by atoms with Gasteiger partial charge >= 0.3 is 0 Å². The van der Waals surface area contributed by atoms with Gasteiger partial charge in [-0.2, -0.15) is 0 Å². The number of H-pyrrole nitrogens is 1. The Labute approximate surface area is 203 Å². The van der Waals surface area contributed by atoms with Crippen molar-refractivity contribution in [3.05, 3.63) is 111 Å². The molecule has 2 aromatic carbocycles. The number of aryl methyl sites for hydroxylation is 2. The third-order valence-electron chi connectivity index (χ3n) is 6.21. The second-order valence-electron chi connectivity index (χ2n) is 8.94. The second kappa shape index (κ2) is 10.1. The monoisotopic (exact) mass is 468 g/mol. The number of aromatic amines is 1. The van der Waals surface area contributed by atoms with Crippen LogP contribution in [0.3, 0.4) is 0 Å². The Hall–Kier alpha value is -4.04. The number of furan rings is 1. The third kappa shape index (κ3) is 5.38.